The van der Waals surface area contributed by atoms with Crippen molar-refractivity contribution < 1.29 is 27.1 Å². The Morgan fingerprint density at radius 3 is 2.10 bits per heavy atom. The second kappa shape index (κ2) is 8.87. The third-order valence-corrected chi connectivity index (χ3v) is 7.87. The lowest BCUT2D eigenvalue weighted by Gasteiger charge is -2.36. The van der Waals surface area contributed by atoms with Crippen LogP contribution in [-0.4, -0.2) is 63.9 Å². The van der Waals surface area contributed by atoms with Gasteiger partial charge in [0.25, 0.3) is 0 Å². The molecule has 1 amide bonds. The van der Waals surface area contributed by atoms with Crippen molar-refractivity contribution in [2.45, 2.75) is 37.5 Å². The molecule has 0 bridgehead atoms. The highest BCUT2D eigenvalue weighted by molar-refractivity contribution is 7.89. The van der Waals surface area contributed by atoms with E-state index in [0.29, 0.717) is 18.8 Å². The molecule has 2 heterocycles. The molecule has 29 heavy (non-hydrogen) atoms. The predicted octanol–water partition coefficient (Wildman–Crippen LogP) is 2.50. The standard InChI is InChI=1S/C20H29FN2O5S/c1-14-4-8-22(9-5-14)20(24)15-6-10-23(11-7-15)29(25,26)19-13-18(28-3)17(27-2)12-16(19)21/h12-15H,4-11H2,1-3H3. The molecule has 0 atom stereocenters. The molecular formula is C20H29FN2O5S. The van der Waals surface area contributed by atoms with Crippen molar-refractivity contribution >= 4 is 15.9 Å². The first-order valence-corrected chi connectivity index (χ1v) is 11.4. The van der Waals surface area contributed by atoms with Gasteiger partial charge in [-0.25, -0.2) is 12.8 Å². The average molecular weight is 429 g/mol. The molecule has 2 aliphatic rings. The molecule has 1 aromatic rings. The summed E-state index contributed by atoms with van der Waals surface area (Å²) in [6.45, 7) is 4.12. The summed E-state index contributed by atoms with van der Waals surface area (Å²) >= 11 is 0. The topological polar surface area (TPSA) is 76.2 Å². The van der Waals surface area contributed by atoms with Crippen LogP contribution in [0.25, 0.3) is 0 Å². The summed E-state index contributed by atoms with van der Waals surface area (Å²) in [5.74, 6) is -0.0250. The van der Waals surface area contributed by atoms with E-state index in [4.69, 9.17) is 9.47 Å². The molecule has 3 rings (SSSR count). The van der Waals surface area contributed by atoms with Crippen molar-refractivity contribution in [3.63, 3.8) is 0 Å². The monoisotopic (exact) mass is 428 g/mol. The zero-order valence-corrected chi connectivity index (χ0v) is 18.0. The normalized spacial score (nSPS) is 19.9. The van der Waals surface area contributed by atoms with Gasteiger partial charge in [0.2, 0.25) is 15.9 Å². The highest BCUT2D eigenvalue weighted by Crippen LogP contribution is 2.34. The second-order valence-corrected chi connectivity index (χ2v) is 9.73. The molecule has 0 aliphatic carbocycles. The molecule has 9 heteroatoms. The van der Waals surface area contributed by atoms with Gasteiger partial charge in [-0.15, -0.1) is 0 Å². The number of halogens is 1. The summed E-state index contributed by atoms with van der Waals surface area (Å²) in [7, 11) is -1.31. The van der Waals surface area contributed by atoms with Gasteiger partial charge < -0.3 is 14.4 Å². The third-order valence-electron chi connectivity index (χ3n) is 5.95. The Labute approximate surface area is 171 Å². The number of carbonyl (C=O) groups excluding carboxylic acids is 1. The molecule has 0 radical (unpaired) electrons. The van der Waals surface area contributed by atoms with Crippen LogP contribution in [0, 0.1) is 17.7 Å². The van der Waals surface area contributed by atoms with Crippen molar-refractivity contribution in [1.29, 1.82) is 0 Å². The number of ether oxygens (including phenoxy) is 2. The highest BCUT2D eigenvalue weighted by atomic mass is 32.2. The van der Waals surface area contributed by atoms with Crippen LogP contribution >= 0.6 is 0 Å². The lowest BCUT2D eigenvalue weighted by atomic mass is 9.93. The molecule has 0 N–H and O–H groups in total. The van der Waals surface area contributed by atoms with Gasteiger partial charge in [0.05, 0.1) is 14.2 Å². The highest BCUT2D eigenvalue weighted by Gasteiger charge is 2.36. The number of sulfonamides is 1. The van der Waals surface area contributed by atoms with E-state index in [1.54, 1.807) is 0 Å². The van der Waals surface area contributed by atoms with E-state index in [2.05, 4.69) is 6.92 Å². The number of likely N-dealkylation sites (tertiary alicyclic amines) is 1. The Bertz CT molecular complexity index is 845. The third kappa shape index (κ3) is 4.50. The van der Waals surface area contributed by atoms with Gasteiger partial charge in [-0.2, -0.15) is 4.31 Å². The summed E-state index contributed by atoms with van der Waals surface area (Å²) < 4.78 is 51.8. The molecule has 0 spiro atoms. The fourth-order valence-corrected chi connectivity index (χ4v) is 5.53. The van der Waals surface area contributed by atoms with Crippen molar-refractivity contribution in [1.82, 2.24) is 9.21 Å². The molecule has 0 aromatic heterocycles. The van der Waals surface area contributed by atoms with Crippen molar-refractivity contribution in [2.24, 2.45) is 11.8 Å². The van der Waals surface area contributed by atoms with Crippen LogP contribution in [0.5, 0.6) is 11.5 Å². The van der Waals surface area contributed by atoms with Crippen LogP contribution in [0.15, 0.2) is 17.0 Å². The van der Waals surface area contributed by atoms with E-state index in [-0.39, 0.29) is 36.4 Å². The summed E-state index contributed by atoms with van der Waals surface area (Å²) in [6, 6.07) is 2.16. The van der Waals surface area contributed by atoms with Crippen LogP contribution in [-0.2, 0) is 14.8 Å². The molecule has 2 fully saturated rings. The molecule has 1 aromatic carbocycles. The maximum Gasteiger partial charge on any atom is 0.246 e. The lowest BCUT2D eigenvalue weighted by Crippen LogP contribution is -2.46. The number of nitrogens with zero attached hydrogens (tertiary/aromatic N) is 2. The summed E-state index contributed by atoms with van der Waals surface area (Å²) in [5.41, 5.74) is 0. The maximum absolute atomic E-state index is 14.5. The van der Waals surface area contributed by atoms with Crippen LogP contribution in [0.3, 0.4) is 0 Å². The zero-order chi connectivity index (χ0) is 21.2. The number of methoxy groups -OCH3 is 2. The van der Waals surface area contributed by atoms with Crippen LogP contribution in [0.1, 0.15) is 32.6 Å². The zero-order valence-electron chi connectivity index (χ0n) is 17.2. The quantitative estimate of drug-likeness (QED) is 0.720. The van der Waals surface area contributed by atoms with Gasteiger partial charge >= 0.3 is 0 Å². The molecule has 0 saturated carbocycles. The number of hydrogen-bond donors (Lipinski definition) is 0. The Kier molecular flexibility index (Phi) is 6.68. The van der Waals surface area contributed by atoms with E-state index in [1.165, 1.54) is 18.5 Å². The fourth-order valence-electron chi connectivity index (χ4n) is 4.00. The number of rotatable bonds is 5. The van der Waals surface area contributed by atoms with Gasteiger partial charge in [0.15, 0.2) is 11.5 Å². The number of carbonyl (C=O) groups is 1. The molecule has 0 unspecified atom stereocenters. The number of hydrogen-bond acceptors (Lipinski definition) is 5. The minimum Gasteiger partial charge on any atom is -0.493 e. The smallest absolute Gasteiger partial charge is 0.246 e. The second-order valence-electron chi connectivity index (χ2n) is 7.82. The maximum atomic E-state index is 14.5. The van der Waals surface area contributed by atoms with Gasteiger partial charge in [-0.05, 0) is 31.6 Å². The summed E-state index contributed by atoms with van der Waals surface area (Å²) in [6.07, 6.45) is 2.91. The predicted molar refractivity (Wildman–Crippen MR) is 106 cm³/mol. The Morgan fingerprint density at radius 1 is 1.00 bits per heavy atom. The van der Waals surface area contributed by atoms with E-state index < -0.39 is 20.7 Å². The SMILES string of the molecule is COc1cc(F)c(S(=O)(=O)N2CCC(C(=O)N3CCC(C)CC3)CC2)cc1OC. The lowest BCUT2D eigenvalue weighted by molar-refractivity contribution is -0.138. The van der Waals surface area contributed by atoms with Gasteiger partial charge in [-0.3, -0.25) is 4.79 Å². The number of amides is 1. The Hall–Kier alpha value is -1.87. The molecule has 7 nitrogen and oxygen atoms in total. The van der Waals surface area contributed by atoms with Crippen LogP contribution < -0.4 is 9.47 Å². The molecule has 2 saturated heterocycles. The first kappa shape index (κ1) is 21.8. The number of piperidine rings is 2. The van der Waals surface area contributed by atoms with Crippen molar-refractivity contribution in [3.05, 3.63) is 17.9 Å². The summed E-state index contributed by atoms with van der Waals surface area (Å²) in [5, 5.41) is 0. The first-order valence-electron chi connectivity index (χ1n) is 9.98. The average Bonchev–Trinajstić information content (AvgIpc) is 2.73. The van der Waals surface area contributed by atoms with Crippen LogP contribution in [0.2, 0.25) is 0 Å². The first-order chi connectivity index (χ1) is 13.8. The van der Waals surface area contributed by atoms with Crippen molar-refractivity contribution in [2.75, 3.05) is 40.4 Å². The summed E-state index contributed by atoms with van der Waals surface area (Å²) in [4.78, 5) is 14.2. The number of benzene rings is 1. The largest absolute Gasteiger partial charge is 0.493 e. The minimum atomic E-state index is -4.03. The van der Waals surface area contributed by atoms with E-state index in [0.717, 1.165) is 38.1 Å². The van der Waals surface area contributed by atoms with Gasteiger partial charge in [0.1, 0.15) is 10.7 Å². The Balaban J connectivity index is 1.69. The minimum absolute atomic E-state index is 0.117. The van der Waals surface area contributed by atoms with Gasteiger partial charge in [-0.1, -0.05) is 6.92 Å². The molecule has 2 aliphatic heterocycles. The van der Waals surface area contributed by atoms with Crippen molar-refractivity contribution in [3.8, 4) is 11.5 Å². The van der Waals surface area contributed by atoms with E-state index in [1.807, 2.05) is 4.90 Å². The van der Waals surface area contributed by atoms with Gasteiger partial charge in [0, 0.05) is 44.2 Å². The fraction of sp³-hybridized carbons (Fsp3) is 0.650. The van der Waals surface area contributed by atoms with E-state index >= 15 is 0 Å². The van der Waals surface area contributed by atoms with Crippen LogP contribution in [0.4, 0.5) is 4.39 Å². The Morgan fingerprint density at radius 2 is 1.55 bits per heavy atom. The molecule has 162 valence electrons. The van der Waals surface area contributed by atoms with E-state index in [9.17, 15) is 17.6 Å². The molecular weight excluding hydrogens is 399 g/mol.